The maximum Gasteiger partial charge on any atom is 0.0769 e. The normalized spacial score (nSPS) is 18.7. The van der Waals surface area contributed by atoms with Gasteiger partial charge in [-0.25, -0.2) is 0 Å². The van der Waals surface area contributed by atoms with E-state index in [4.69, 9.17) is 4.99 Å². The van der Waals surface area contributed by atoms with E-state index >= 15 is 0 Å². The van der Waals surface area contributed by atoms with Crippen LogP contribution in [0.15, 0.2) is 64.5 Å². The van der Waals surface area contributed by atoms with Crippen LogP contribution >= 0.6 is 11.8 Å². The third kappa shape index (κ3) is 2.34. The summed E-state index contributed by atoms with van der Waals surface area (Å²) in [7, 11) is 0. The molecule has 90 valence electrons. The van der Waals surface area contributed by atoms with Crippen molar-refractivity contribution in [3.8, 4) is 0 Å². The fraction of sp³-hybridized carbons (Fsp3) is 0.188. The summed E-state index contributed by atoms with van der Waals surface area (Å²) in [4.78, 5) is 6.14. The molecule has 0 radical (unpaired) electrons. The summed E-state index contributed by atoms with van der Waals surface area (Å²) in [6, 6.07) is 18.9. The standard InChI is InChI=1S/C16H15NS/c1-12-11-15(13-7-3-2-4-8-13)17-14-9-5-6-10-16(14)18-12/h2-10,12H,11H2,1H3/t12-/m0/s1. The van der Waals surface area contributed by atoms with Gasteiger partial charge in [-0.1, -0.05) is 49.4 Å². The molecule has 2 heteroatoms. The molecule has 0 fully saturated rings. The summed E-state index contributed by atoms with van der Waals surface area (Å²) in [6.07, 6.45) is 1.02. The van der Waals surface area contributed by atoms with Gasteiger partial charge in [-0.05, 0) is 17.7 Å². The van der Waals surface area contributed by atoms with Crippen molar-refractivity contribution in [1.29, 1.82) is 0 Å². The van der Waals surface area contributed by atoms with Crippen molar-refractivity contribution in [1.82, 2.24) is 0 Å². The van der Waals surface area contributed by atoms with Gasteiger partial charge in [0.1, 0.15) is 0 Å². The molecule has 0 aromatic heterocycles. The van der Waals surface area contributed by atoms with Crippen LogP contribution in [0, 0.1) is 0 Å². The number of aliphatic imine (C=N–C) groups is 1. The van der Waals surface area contributed by atoms with Gasteiger partial charge in [0.05, 0.1) is 5.69 Å². The Hall–Kier alpha value is -1.54. The Morgan fingerprint density at radius 2 is 1.72 bits per heavy atom. The third-order valence-corrected chi connectivity index (χ3v) is 4.20. The molecule has 0 saturated heterocycles. The number of para-hydroxylation sites is 1. The molecule has 2 aromatic carbocycles. The maximum atomic E-state index is 4.86. The van der Waals surface area contributed by atoms with Crippen molar-refractivity contribution in [3.05, 3.63) is 60.2 Å². The number of thioether (sulfide) groups is 1. The van der Waals surface area contributed by atoms with Gasteiger partial charge in [0, 0.05) is 22.3 Å². The summed E-state index contributed by atoms with van der Waals surface area (Å²) in [5.41, 5.74) is 3.54. The number of fused-ring (bicyclic) bond motifs is 1. The molecule has 2 aromatic rings. The van der Waals surface area contributed by atoms with Gasteiger partial charge in [0.15, 0.2) is 0 Å². The fourth-order valence-corrected chi connectivity index (χ4v) is 3.25. The average molecular weight is 253 g/mol. The number of benzene rings is 2. The number of nitrogens with zero attached hydrogens (tertiary/aromatic N) is 1. The Morgan fingerprint density at radius 3 is 2.56 bits per heavy atom. The van der Waals surface area contributed by atoms with Gasteiger partial charge in [-0.3, -0.25) is 4.99 Å². The number of hydrogen-bond donors (Lipinski definition) is 0. The van der Waals surface area contributed by atoms with E-state index in [1.165, 1.54) is 16.2 Å². The second-order valence-corrected chi connectivity index (χ2v) is 6.01. The number of rotatable bonds is 1. The first-order chi connectivity index (χ1) is 8.83. The van der Waals surface area contributed by atoms with Crippen LogP contribution in [-0.2, 0) is 0 Å². The van der Waals surface area contributed by atoms with Crippen LogP contribution in [0.1, 0.15) is 18.9 Å². The van der Waals surface area contributed by atoms with Crippen molar-refractivity contribution in [2.75, 3.05) is 0 Å². The fourth-order valence-electron chi connectivity index (χ4n) is 2.18. The van der Waals surface area contributed by atoms with Gasteiger partial charge >= 0.3 is 0 Å². The lowest BCUT2D eigenvalue weighted by molar-refractivity contribution is 1.02. The summed E-state index contributed by atoms with van der Waals surface area (Å²) in [5, 5.41) is 0.563. The molecule has 0 N–H and O–H groups in total. The van der Waals surface area contributed by atoms with Crippen LogP contribution in [0.4, 0.5) is 5.69 Å². The van der Waals surface area contributed by atoms with Crippen LogP contribution in [0.3, 0.4) is 0 Å². The summed E-state index contributed by atoms with van der Waals surface area (Å²) < 4.78 is 0. The van der Waals surface area contributed by atoms with Crippen LogP contribution in [-0.4, -0.2) is 11.0 Å². The van der Waals surface area contributed by atoms with Crippen molar-refractivity contribution in [2.24, 2.45) is 4.99 Å². The lowest BCUT2D eigenvalue weighted by Gasteiger charge is -2.09. The molecule has 3 rings (SSSR count). The van der Waals surface area contributed by atoms with Crippen LogP contribution in [0.25, 0.3) is 0 Å². The van der Waals surface area contributed by atoms with Crippen molar-refractivity contribution < 1.29 is 0 Å². The minimum atomic E-state index is 0.563. The minimum Gasteiger partial charge on any atom is -0.252 e. The first kappa shape index (κ1) is 11.5. The van der Waals surface area contributed by atoms with Crippen LogP contribution in [0.2, 0.25) is 0 Å². The highest BCUT2D eigenvalue weighted by Gasteiger charge is 2.16. The topological polar surface area (TPSA) is 12.4 Å². The Kier molecular flexibility index (Phi) is 3.20. The summed E-state index contributed by atoms with van der Waals surface area (Å²) in [6.45, 7) is 2.27. The predicted octanol–water partition coefficient (Wildman–Crippen LogP) is 4.69. The Morgan fingerprint density at radius 1 is 1.00 bits per heavy atom. The highest BCUT2D eigenvalue weighted by atomic mass is 32.2. The third-order valence-electron chi connectivity index (χ3n) is 3.04. The van der Waals surface area contributed by atoms with E-state index in [0.717, 1.165) is 12.1 Å². The van der Waals surface area contributed by atoms with E-state index in [2.05, 4.69) is 55.5 Å². The van der Waals surface area contributed by atoms with E-state index in [1.807, 2.05) is 17.8 Å². The Bertz CT molecular complexity index is 575. The molecule has 0 saturated carbocycles. The molecule has 1 aliphatic rings. The zero-order valence-corrected chi connectivity index (χ0v) is 11.2. The highest BCUT2D eigenvalue weighted by molar-refractivity contribution is 8.00. The molecule has 0 spiro atoms. The van der Waals surface area contributed by atoms with E-state index in [-0.39, 0.29) is 0 Å². The van der Waals surface area contributed by atoms with Crippen LogP contribution in [0.5, 0.6) is 0 Å². The smallest absolute Gasteiger partial charge is 0.0769 e. The molecule has 1 atom stereocenters. The SMILES string of the molecule is C[C@H]1CC(c2ccccc2)=Nc2ccccc2S1. The minimum absolute atomic E-state index is 0.563. The molecule has 1 heterocycles. The molecule has 0 aliphatic carbocycles. The van der Waals surface area contributed by atoms with E-state index in [0.29, 0.717) is 5.25 Å². The van der Waals surface area contributed by atoms with E-state index in [9.17, 15) is 0 Å². The molecule has 0 bridgehead atoms. The van der Waals surface area contributed by atoms with Crippen molar-refractivity contribution >= 4 is 23.2 Å². The second kappa shape index (κ2) is 4.99. The van der Waals surface area contributed by atoms with Crippen molar-refractivity contribution in [3.63, 3.8) is 0 Å². The first-order valence-corrected chi connectivity index (χ1v) is 7.09. The zero-order valence-electron chi connectivity index (χ0n) is 10.3. The average Bonchev–Trinajstić information content (AvgIpc) is 2.57. The monoisotopic (exact) mass is 253 g/mol. The van der Waals surface area contributed by atoms with Gasteiger partial charge in [-0.15, -0.1) is 11.8 Å². The lowest BCUT2D eigenvalue weighted by Crippen LogP contribution is -2.06. The molecular formula is C16H15NS. The van der Waals surface area contributed by atoms with Gasteiger partial charge in [0.2, 0.25) is 0 Å². The van der Waals surface area contributed by atoms with Crippen LogP contribution < -0.4 is 0 Å². The van der Waals surface area contributed by atoms with Gasteiger partial charge in [-0.2, -0.15) is 0 Å². The second-order valence-electron chi connectivity index (χ2n) is 4.52. The largest absolute Gasteiger partial charge is 0.252 e. The molecule has 1 nitrogen and oxygen atoms in total. The highest BCUT2D eigenvalue weighted by Crippen LogP contribution is 2.37. The molecule has 0 unspecified atom stereocenters. The first-order valence-electron chi connectivity index (χ1n) is 6.21. The quantitative estimate of drug-likeness (QED) is 0.718. The van der Waals surface area contributed by atoms with Gasteiger partial charge < -0.3 is 0 Å². The Balaban J connectivity index is 2.08. The summed E-state index contributed by atoms with van der Waals surface area (Å²) in [5.74, 6) is 0. The molecular weight excluding hydrogens is 238 g/mol. The van der Waals surface area contributed by atoms with Gasteiger partial charge in [0.25, 0.3) is 0 Å². The number of hydrogen-bond acceptors (Lipinski definition) is 2. The molecule has 18 heavy (non-hydrogen) atoms. The Labute approximate surface area is 112 Å². The zero-order chi connectivity index (χ0) is 12.4. The van der Waals surface area contributed by atoms with E-state index in [1.54, 1.807) is 0 Å². The molecule has 0 amide bonds. The summed E-state index contributed by atoms with van der Waals surface area (Å²) >= 11 is 1.92. The maximum absolute atomic E-state index is 4.86. The lowest BCUT2D eigenvalue weighted by atomic mass is 10.1. The van der Waals surface area contributed by atoms with Crippen molar-refractivity contribution in [2.45, 2.75) is 23.5 Å². The van der Waals surface area contributed by atoms with E-state index < -0.39 is 0 Å². The predicted molar refractivity (Wildman–Crippen MR) is 79.0 cm³/mol. The molecule has 1 aliphatic heterocycles.